The van der Waals surface area contributed by atoms with E-state index in [9.17, 15) is 14.4 Å². The number of amides is 2. The standard InChI is InChI=1S/C20H24N4O4/c1-12-18(13(2)23(4)22-12)21-19(26)14(3)28-20(27)15-7-5-8-16(11-15)24-10-6-9-17(24)25/h5,7-8,11,14H,6,9-10H2,1-4H3,(H,21,26)/t14-/m1/s1. The number of esters is 1. The van der Waals surface area contributed by atoms with Crippen molar-refractivity contribution in [3.8, 4) is 0 Å². The number of rotatable bonds is 5. The van der Waals surface area contributed by atoms with Crippen molar-refractivity contribution in [3.63, 3.8) is 0 Å². The molecule has 2 heterocycles. The highest BCUT2D eigenvalue weighted by Crippen LogP contribution is 2.23. The lowest BCUT2D eigenvalue weighted by atomic mass is 10.2. The molecule has 28 heavy (non-hydrogen) atoms. The highest BCUT2D eigenvalue weighted by molar-refractivity contribution is 5.99. The van der Waals surface area contributed by atoms with Crippen LogP contribution >= 0.6 is 0 Å². The van der Waals surface area contributed by atoms with Gasteiger partial charge in [0.2, 0.25) is 5.91 Å². The molecule has 0 radical (unpaired) electrons. The molecule has 0 aliphatic carbocycles. The first-order valence-electron chi connectivity index (χ1n) is 9.20. The highest BCUT2D eigenvalue weighted by atomic mass is 16.5. The third-order valence-corrected chi connectivity index (χ3v) is 4.88. The zero-order valence-electron chi connectivity index (χ0n) is 16.5. The van der Waals surface area contributed by atoms with E-state index in [0.717, 1.165) is 12.1 Å². The van der Waals surface area contributed by atoms with Crippen molar-refractivity contribution >= 4 is 29.2 Å². The number of carbonyl (C=O) groups is 3. The van der Waals surface area contributed by atoms with Crippen molar-refractivity contribution < 1.29 is 19.1 Å². The smallest absolute Gasteiger partial charge is 0.338 e. The van der Waals surface area contributed by atoms with Crippen LogP contribution in [0.3, 0.4) is 0 Å². The number of ether oxygens (including phenoxy) is 1. The summed E-state index contributed by atoms with van der Waals surface area (Å²) in [5.74, 6) is -1.00. The zero-order valence-corrected chi connectivity index (χ0v) is 16.5. The molecule has 3 rings (SSSR count). The number of nitrogens with one attached hydrogen (secondary N) is 1. The van der Waals surface area contributed by atoms with E-state index >= 15 is 0 Å². The van der Waals surface area contributed by atoms with Crippen LogP contribution in [0.5, 0.6) is 0 Å². The number of hydrogen-bond donors (Lipinski definition) is 1. The van der Waals surface area contributed by atoms with Gasteiger partial charge in [0.1, 0.15) is 0 Å². The van der Waals surface area contributed by atoms with E-state index in [4.69, 9.17) is 4.74 Å². The van der Waals surface area contributed by atoms with Crippen molar-refractivity contribution in [2.24, 2.45) is 7.05 Å². The summed E-state index contributed by atoms with van der Waals surface area (Å²) in [6.07, 6.45) is 0.334. The minimum Gasteiger partial charge on any atom is -0.449 e. The molecular weight excluding hydrogens is 360 g/mol. The van der Waals surface area contributed by atoms with Crippen LogP contribution in [0, 0.1) is 13.8 Å². The monoisotopic (exact) mass is 384 g/mol. The molecular formula is C20H24N4O4. The van der Waals surface area contributed by atoms with Gasteiger partial charge in [-0.2, -0.15) is 5.10 Å². The summed E-state index contributed by atoms with van der Waals surface area (Å²) in [4.78, 5) is 38.5. The fourth-order valence-corrected chi connectivity index (χ4v) is 3.18. The van der Waals surface area contributed by atoms with Gasteiger partial charge < -0.3 is 15.0 Å². The number of aromatic nitrogens is 2. The number of aryl methyl sites for hydroxylation is 2. The molecule has 1 N–H and O–H groups in total. The Kier molecular flexibility index (Phi) is 5.48. The molecule has 1 atom stereocenters. The first-order chi connectivity index (χ1) is 13.3. The summed E-state index contributed by atoms with van der Waals surface area (Å²) < 4.78 is 6.99. The van der Waals surface area contributed by atoms with Crippen LogP contribution in [0.4, 0.5) is 11.4 Å². The van der Waals surface area contributed by atoms with E-state index in [-0.39, 0.29) is 5.91 Å². The molecule has 1 aliphatic heterocycles. The predicted molar refractivity (Wildman–Crippen MR) is 104 cm³/mol. The second-order valence-electron chi connectivity index (χ2n) is 6.91. The van der Waals surface area contributed by atoms with Gasteiger partial charge in [-0.3, -0.25) is 14.3 Å². The Labute approximate surface area is 163 Å². The molecule has 8 nitrogen and oxygen atoms in total. The molecule has 1 fully saturated rings. The maximum absolute atomic E-state index is 12.5. The van der Waals surface area contributed by atoms with E-state index in [1.807, 2.05) is 6.92 Å². The first kappa shape index (κ1) is 19.6. The molecule has 2 aromatic rings. The van der Waals surface area contributed by atoms with Crippen LogP contribution in [-0.4, -0.2) is 40.2 Å². The Balaban J connectivity index is 1.67. The molecule has 2 amide bonds. The second kappa shape index (κ2) is 7.84. The number of benzene rings is 1. The van der Waals surface area contributed by atoms with Gasteiger partial charge in [-0.15, -0.1) is 0 Å². The van der Waals surface area contributed by atoms with Gasteiger partial charge in [0.15, 0.2) is 6.10 Å². The lowest BCUT2D eigenvalue weighted by molar-refractivity contribution is -0.123. The van der Waals surface area contributed by atoms with E-state index < -0.39 is 18.0 Å². The van der Waals surface area contributed by atoms with E-state index in [2.05, 4.69) is 10.4 Å². The molecule has 0 saturated carbocycles. The summed E-state index contributed by atoms with van der Waals surface area (Å²) in [5.41, 5.74) is 3.08. The minimum atomic E-state index is -0.983. The predicted octanol–water partition coefficient (Wildman–Crippen LogP) is 2.35. The van der Waals surface area contributed by atoms with Crippen LogP contribution < -0.4 is 10.2 Å². The van der Waals surface area contributed by atoms with Crippen LogP contribution in [0.2, 0.25) is 0 Å². The SMILES string of the molecule is Cc1nn(C)c(C)c1NC(=O)[C@@H](C)OC(=O)c1cccc(N2CCCC2=O)c1. The van der Waals surface area contributed by atoms with Crippen molar-refractivity contribution in [2.75, 3.05) is 16.8 Å². The molecule has 1 aromatic carbocycles. The van der Waals surface area contributed by atoms with Crippen LogP contribution in [-0.2, 0) is 21.4 Å². The number of nitrogens with zero attached hydrogens (tertiary/aromatic N) is 3. The minimum absolute atomic E-state index is 0.0421. The molecule has 1 aliphatic rings. The van der Waals surface area contributed by atoms with Gasteiger partial charge in [-0.1, -0.05) is 6.07 Å². The fourth-order valence-electron chi connectivity index (χ4n) is 3.18. The maximum atomic E-state index is 12.5. The number of hydrogen-bond acceptors (Lipinski definition) is 5. The Hall–Kier alpha value is -3.16. The molecule has 8 heteroatoms. The molecule has 0 unspecified atom stereocenters. The normalized spacial score (nSPS) is 14.9. The Morgan fingerprint density at radius 3 is 2.64 bits per heavy atom. The third-order valence-electron chi connectivity index (χ3n) is 4.88. The van der Waals surface area contributed by atoms with Gasteiger partial charge in [0.25, 0.3) is 5.91 Å². The van der Waals surface area contributed by atoms with Crippen LogP contribution in [0.15, 0.2) is 24.3 Å². The number of carbonyl (C=O) groups excluding carboxylic acids is 3. The third kappa shape index (κ3) is 3.90. The molecule has 0 bridgehead atoms. The molecule has 0 spiro atoms. The van der Waals surface area contributed by atoms with Crippen molar-refractivity contribution in [1.82, 2.24) is 9.78 Å². The first-order valence-corrected chi connectivity index (χ1v) is 9.20. The van der Waals surface area contributed by atoms with Crippen molar-refractivity contribution in [2.45, 2.75) is 39.7 Å². The van der Waals surface area contributed by atoms with Gasteiger partial charge in [0.05, 0.1) is 22.6 Å². The summed E-state index contributed by atoms with van der Waals surface area (Å²) in [6.45, 7) is 5.80. The largest absolute Gasteiger partial charge is 0.449 e. The Bertz CT molecular complexity index is 934. The van der Waals surface area contributed by atoms with E-state index in [0.29, 0.717) is 35.6 Å². The van der Waals surface area contributed by atoms with Gasteiger partial charge in [-0.25, -0.2) is 4.79 Å². The van der Waals surface area contributed by atoms with Gasteiger partial charge in [0, 0.05) is 25.7 Å². The Morgan fingerprint density at radius 1 is 1.29 bits per heavy atom. The summed E-state index contributed by atoms with van der Waals surface area (Å²) in [6, 6.07) is 6.70. The fraction of sp³-hybridized carbons (Fsp3) is 0.400. The van der Waals surface area contributed by atoms with Crippen molar-refractivity contribution in [3.05, 3.63) is 41.2 Å². The maximum Gasteiger partial charge on any atom is 0.338 e. The molecule has 148 valence electrons. The van der Waals surface area contributed by atoms with E-state index in [1.54, 1.807) is 47.8 Å². The average Bonchev–Trinajstić information content (AvgIpc) is 3.20. The van der Waals surface area contributed by atoms with Crippen LogP contribution in [0.1, 0.15) is 41.5 Å². The van der Waals surface area contributed by atoms with Gasteiger partial charge >= 0.3 is 5.97 Å². The lowest BCUT2D eigenvalue weighted by Crippen LogP contribution is -2.30. The highest BCUT2D eigenvalue weighted by Gasteiger charge is 2.24. The molecule has 1 aromatic heterocycles. The summed E-state index contributed by atoms with van der Waals surface area (Å²) in [5, 5.41) is 7.01. The van der Waals surface area contributed by atoms with E-state index in [1.165, 1.54) is 6.92 Å². The van der Waals surface area contributed by atoms with Crippen molar-refractivity contribution in [1.29, 1.82) is 0 Å². The topological polar surface area (TPSA) is 93.5 Å². The summed E-state index contributed by atoms with van der Waals surface area (Å²) >= 11 is 0. The summed E-state index contributed by atoms with van der Waals surface area (Å²) in [7, 11) is 1.79. The lowest BCUT2D eigenvalue weighted by Gasteiger charge is -2.17. The van der Waals surface area contributed by atoms with Gasteiger partial charge in [-0.05, 0) is 45.4 Å². The number of anilines is 2. The zero-order chi connectivity index (χ0) is 20.4. The van der Waals surface area contributed by atoms with Crippen LogP contribution in [0.25, 0.3) is 0 Å². The average molecular weight is 384 g/mol. The Morgan fingerprint density at radius 2 is 2.04 bits per heavy atom. The molecule has 1 saturated heterocycles. The quantitative estimate of drug-likeness (QED) is 0.799. The second-order valence-corrected chi connectivity index (χ2v) is 6.91.